The van der Waals surface area contributed by atoms with Crippen LogP contribution in [0.25, 0.3) is 200 Å². The van der Waals surface area contributed by atoms with Gasteiger partial charge in [-0.25, -0.2) is 29.9 Å². The Morgan fingerprint density at radius 1 is 0.133 bits per heavy atom. The largest absolute Gasteiger partial charge is 0.456 e. The van der Waals surface area contributed by atoms with Gasteiger partial charge in [0, 0.05) is 54.9 Å². The SMILES string of the molecule is c1ccc(-c2cc(-c3ccc(-c4ccc5c(c4)c4ccccc4c4ccc(-c6cccc(-c7cccc(-c8nc(-c9ccccc9)nc(-c9ccccc9)n8)c7)c6)cc45)cc3)cc(-c3nc(-c4ccc5c(c4)oc4ccccc45)nc(-c4ccc5c(c4)oc4ccccc45)n3)c2)cc1. The van der Waals surface area contributed by atoms with E-state index >= 15 is 0 Å². The van der Waals surface area contributed by atoms with Crippen LogP contribution in [0.4, 0.5) is 0 Å². The highest BCUT2D eigenvalue weighted by molar-refractivity contribution is 6.26. The fourth-order valence-electron chi connectivity index (χ4n) is 14.0. The predicted molar refractivity (Wildman–Crippen MR) is 400 cm³/mol. The summed E-state index contributed by atoms with van der Waals surface area (Å²) in [7, 11) is 0. The number of hydrogen-bond donors (Lipinski definition) is 0. The fraction of sp³-hybridized carbons (Fsp3) is 0. The van der Waals surface area contributed by atoms with Crippen LogP contribution in [0.2, 0.25) is 0 Å². The minimum Gasteiger partial charge on any atom is -0.456 e. The zero-order valence-corrected chi connectivity index (χ0v) is 52.7. The molecule has 0 spiro atoms. The zero-order valence-electron chi connectivity index (χ0n) is 52.7. The topological polar surface area (TPSA) is 104 Å². The number of aromatic nitrogens is 6. The molecule has 0 aliphatic rings. The Balaban J connectivity index is 0.675. The standard InChI is InChI=1S/C90H54N6O2/c1-4-18-55(19-5-1)68-48-69(50-70(49-68)90-95-88(66-40-44-77-75-30-12-14-32-81(75)97-83(77)53-66)94-89(96-90)67-41-45-78-76-31-13-15-33-82(76)98-84(78)54-67)57-36-34-56(35-37-57)63-38-43-74-79(51-63)72-29-11-10-28-71(72)73-42-39-64(52-80(73)74)61-25-16-24-60(46-61)62-26-17-27-65(47-62)87-92-85(58-20-6-2-7-21-58)91-86(93-87)59-22-8-3-9-23-59/h1-54H. The van der Waals surface area contributed by atoms with Crippen molar-refractivity contribution in [1.29, 1.82) is 0 Å². The van der Waals surface area contributed by atoms with E-state index < -0.39 is 0 Å². The van der Waals surface area contributed by atoms with E-state index in [-0.39, 0.29) is 0 Å². The first-order chi connectivity index (χ1) is 48.5. The molecule has 0 aliphatic heterocycles. The van der Waals surface area contributed by atoms with Crippen molar-refractivity contribution in [3.8, 4) is 124 Å². The number of benzene rings is 15. The summed E-state index contributed by atoms with van der Waals surface area (Å²) in [6.45, 7) is 0. The maximum absolute atomic E-state index is 6.41. The fourth-order valence-corrected chi connectivity index (χ4v) is 14.0. The molecule has 4 aromatic heterocycles. The molecule has 0 atom stereocenters. The molecule has 0 fully saturated rings. The van der Waals surface area contributed by atoms with Crippen molar-refractivity contribution in [3.05, 3.63) is 328 Å². The van der Waals surface area contributed by atoms with Crippen LogP contribution in [0, 0.1) is 0 Å². The van der Waals surface area contributed by atoms with Crippen LogP contribution in [0.5, 0.6) is 0 Å². The van der Waals surface area contributed by atoms with Crippen LogP contribution in [-0.4, -0.2) is 29.9 Å². The Labute approximate surface area is 563 Å². The lowest BCUT2D eigenvalue weighted by Crippen LogP contribution is -2.00. The van der Waals surface area contributed by atoms with Gasteiger partial charge in [0.05, 0.1) is 0 Å². The summed E-state index contributed by atoms with van der Waals surface area (Å²) in [5.74, 6) is 3.49. The van der Waals surface area contributed by atoms with Crippen molar-refractivity contribution in [2.45, 2.75) is 0 Å². The number of hydrogen-bond acceptors (Lipinski definition) is 8. The number of fused-ring (bicyclic) bond motifs is 12. The summed E-state index contributed by atoms with van der Waals surface area (Å²) in [5, 5.41) is 11.4. The average Bonchev–Trinajstić information content (AvgIpc) is 1.04. The van der Waals surface area contributed by atoms with Crippen LogP contribution in [0.15, 0.2) is 336 Å². The minimum atomic E-state index is 0.531. The lowest BCUT2D eigenvalue weighted by Gasteiger charge is -2.14. The third kappa shape index (κ3) is 10.1. The molecule has 456 valence electrons. The summed E-state index contributed by atoms with van der Waals surface area (Å²) in [6.07, 6.45) is 0. The molecule has 98 heavy (non-hydrogen) atoms. The molecule has 0 unspecified atom stereocenters. The smallest absolute Gasteiger partial charge is 0.164 e. The lowest BCUT2D eigenvalue weighted by atomic mass is 9.89. The van der Waals surface area contributed by atoms with Crippen molar-refractivity contribution >= 4 is 76.2 Å². The monoisotopic (exact) mass is 1250 g/mol. The van der Waals surface area contributed by atoms with Crippen LogP contribution in [-0.2, 0) is 0 Å². The van der Waals surface area contributed by atoms with E-state index in [1.165, 1.54) is 32.3 Å². The number of rotatable bonds is 11. The third-order valence-corrected chi connectivity index (χ3v) is 18.9. The normalized spacial score (nSPS) is 11.7. The van der Waals surface area contributed by atoms with Gasteiger partial charge in [-0.2, -0.15) is 0 Å². The van der Waals surface area contributed by atoms with E-state index in [0.717, 1.165) is 133 Å². The number of furan rings is 2. The van der Waals surface area contributed by atoms with Crippen molar-refractivity contribution in [2.24, 2.45) is 0 Å². The van der Waals surface area contributed by atoms with Gasteiger partial charge in [0.1, 0.15) is 22.3 Å². The molecule has 0 radical (unpaired) electrons. The molecular weight excluding hydrogens is 1200 g/mol. The Morgan fingerprint density at radius 3 is 0.878 bits per heavy atom. The predicted octanol–water partition coefficient (Wildman–Crippen LogP) is 23.7. The Morgan fingerprint density at radius 2 is 0.388 bits per heavy atom. The average molecular weight is 1250 g/mol. The van der Waals surface area contributed by atoms with Gasteiger partial charge in [0.2, 0.25) is 0 Å². The molecule has 15 aromatic carbocycles. The molecule has 0 bridgehead atoms. The first-order valence-corrected chi connectivity index (χ1v) is 32.9. The summed E-state index contributed by atoms with van der Waals surface area (Å²) >= 11 is 0. The van der Waals surface area contributed by atoms with Crippen LogP contribution in [0.3, 0.4) is 0 Å². The van der Waals surface area contributed by atoms with Gasteiger partial charge in [-0.05, 0) is 167 Å². The van der Waals surface area contributed by atoms with E-state index in [4.69, 9.17) is 38.7 Å². The second kappa shape index (κ2) is 23.3. The van der Waals surface area contributed by atoms with Crippen LogP contribution >= 0.6 is 0 Å². The molecule has 19 aromatic rings. The van der Waals surface area contributed by atoms with Crippen molar-refractivity contribution in [2.75, 3.05) is 0 Å². The molecule has 0 amide bonds. The molecule has 8 nitrogen and oxygen atoms in total. The highest BCUT2D eigenvalue weighted by atomic mass is 16.3. The Hall–Kier alpha value is -13.3. The van der Waals surface area contributed by atoms with Gasteiger partial charge in [0.25, 0.3) is 0 Å². The van der Waals surface area contributed by atoms with Crippen molar-refractivity contribution in [1.82, 2.24) is 29.9 Å². The molecule has 0 saturated carbocycles. The first kappa shape index (κ1) is 56.3. The summed E-state index contributed by atoms with van der Waals surface area (Å²) in [5.41, 5.74) is 19.4. The molecule has 0 N–H and O–H groups in total. The summed E-state index contributed by atoms with van der Waals surface area (Å²) in [6, 6.07) is 115. The van der Waals surface area contributed by atoms with Crippen LogP contribution in [0.1, 0.15) is 0 Å². The first-order valence-electron chi connectivity index (χ1n) is 32.9. The quantitative estimate of drug-likeness (QED) is 0.118. The molecular formula is C90H54N6O2. The van der Waals surface area contributed by atoms with E-state index in [1.54, 1.807) is 0 Å². The molecule has 19 rings (SSSR count). The Kier molecular flexibility index (Phi) is 13.4. The highest BCUT2D eigenvalue weighted by Crippen LogP contribution is 2.42. The van der Waals surface area contributed by atoms with E-state index in [9.17, 15) is 0 Å². The van der Waals surface area contributed by atoms with E-state index in [0.29, 0.717) is 34.9 Å². The second-order valence-corrected chi connectivity index (χ2v) is 24.9. The van der Waals surface area contributed by atoms with Crippen LogP contribution < -0.4 is 0 Å². The second-order valence-electron chi connectivity index (χ2n) is 24.9. The Bertz CT molecular complexity index is 6170. The number of nitrogens with zero attached hydrogens (tertiary/aromatic N) is 6. The van der Waals surface area contributed by atoms with Gasteiger partial charge >= 0.3 is 0 Å². The summed E-state index contributed by atoms with van der Waals surface area (Å²) in [4.78, 5) is 30.9. The zero-order chi connectivity index (χ0) is 64.6. The molecule has 0 aliphatic carbocycles. The molecule has 8 heteroatoms. The van der Waals surface area contributed by atoms with E-state index in [1.807, 2.05) is 109 Å². The van der Waals surface area contributed by atoms with E-state index in [2.05, 4.69) is 218 Å². The minimum absolute atomic E-state index is 0.531. The molecule has 0 saturated heterocycles. The maximum Gasteiger partial charge on any atom is 0.164 e. The van der Waals surface area contributed by atoms with Gasteiger partial charge in [0.15, 0.2) is 34.9 Å². The maximum atomic E-state index is 6.41. The molecule has 4 heterocycles. The third-order valence-electron chi connectivity index (χ3n) is 18.9. The van der Waals surface area contributed by atoms with Gasteiger partial charge in [-0.1, -0.05) is 249 Å². The summed E-state index contributed by atoms with van der Waals surface area (Å²) < 4.78 is 12.8. The van der Waals surface area contributed by atoms with Gasteiger partial charge in [-0.15, -0.1) is 0 Å². The van der Waals surface area contributed by atoms with Crippen molar-refractivity contribution in [3.63, 3.8) is 0 Å². The van der Waals surface area contributed by atoms with Gasteiger partial charge < -0.3 is 8.83 Å². The lowest BCUT2D eigenvalue weighted by molar-refractivity contribution is 0.668. The highest BCUT2D eigenvalue weighted by Gasteiger charge is 2.20. The van der Waals surface area contributed by atoms with Crippen molar-refractivity contribution < 1.29 is 8.83 Å². The van der Waals surface area contributed by atoms with Gasteiger partial charge in [-0.3, -0.25) is 0 Å². The number of para-hydroxylation sites is 2.